The zero-order valence-electron chi connectivity index (χ0n) is 21.8. The van der Waals surface area contributed by atoms with E-state index in [0.29, 0.717) is 32.2 Å². The number of carbonyl (C=O) groups excluding carboxylic acids is 2. The number of amides is 3. The second-order valence-electron chi connectivity index (χ2n) is 10.3. The lowest BCUT2D eigenvalue weighted by atomic mass is 10.00. The van der Waals surface area contributed by atoms with E-state index < -0.39 is 5.54 Å². The maximum Gasteiger partial charge on any atom is 0.318 e. The molecule has 1 aliphatic rings. The van der Waals surface area contributed by atoms with Crippen LogP contribution in [0.2, 0.25) is 0 Å². The molecule has 35 heavy (non-hydrogen) atoms. The molecular weight excluding hydrogens is 462 g/mol. The number of nitrogens with one attached hydrogen (secondary N) is 1. The number of fused-ring (bicyclic) bond motifs is 1. The van der Waals surface area contributed by atoms with E-state index >= 15 is 0 Å². The lowest BCUT2D eigenvalue weighted by Crippen LogP contribution is -2.53. The zero-order valence-corrected chi connectivity index (χ0v) is 22.6. The van der Waals surface area contributed by atoms with Crippen LogP contribution in [-0.2, 0) is 16.0 Å². The third-order valence-corrected chi connectivity index (χ3v) is 7.03. The quantitative estimate of drug-likeness (QED) is 0.534. The summed E-state index contributed by atoms with van der Waals surface area (Å²) < 4.78 is 11.4. The number of benzene rings is 1. The van der Waals surface area contributed by atoms with Gasteiger partial charge in [0.1, 0.15) is 18.9 Å². The summed E-state index contributed by atoms with van der Waals surface area (Å²) in [6.07, 6.45) is 0.810. The number of hydrogen-bond donors (Lipinski definition) is 1. The SMILES string of the molecule is COCCN(CC(=O)N1CCc2sccc2[C@@H]1COc1ccc(C(C)C)cc1)C(=O)NC(C)(C)C. The average molecular weight is 502 g/mol. The second kappa shape index (κ2) is 11.9. The molecule has 1 aromatic heterocycles. The Balaban J connectivity index is 1.74. The molecule has 2 heterocycles. The predicted molar refractivity (Wildman–Crippen MR) is 140 cm³/mol. The van der Waals surface area contributed by atoms with Crippen LogP contribution in [0.4, 0.5) is 4.79 Å². The number of thiophene rings is 1. The summed E-state index contributed by atoms with van der Waals surface area (Å²) in [5, 5.41) is 5.03. The van der Waals surface area contributed by atoms with Gasteiger partial charge in [0.2, 0.25) is 5.91 Å². The Kier molecular flexibility index (Phi) is 9.19. The molecule has 1 N–H and O–H groups in total. The summed E-state index contributed by atoms with van der Waals surface area (Å²) in [6, 6.07) is 9.77. The first kappa shape index (κ1) is 27.0. The van der Waals surface area contributed by atoms with Gasteiger partial charge in [-0.3, -0.25) is 4.79 Å². The topological polar surface area (TPSA) is 71.1 Å². The standard InChI is InChI=1S/C27H39N3O4S/c1-19(2)20-7-9-21(10-8-20)34-18-23-22-12-16-35-24(22)11-13-30(23)25(31)17-29(14-15-33-6)26(32)28-27(3,4)5/h7-10,12,16,19,23H,11,13-15,17-18H2,1-6H3,(H,28,32)/t23-/m0/s1. The number of urea groups is 1. The van der Waals surface area contributed by atoms with E-state index in [1.54, 1.807) is 18.4 Å². The molecule has 1 aliphatic heterocycles. The van der Waals surface area contributed by atoms with E-state index in [1.165, 1.54) is 15.3 Å². The number of methoxy groups -OCH3 is 1. The second-order valence-corrected chi connectivity index (χ2v) is 11.3. The van der Waals surface area contributed by atoms with Crippen LogP contribution in [0.3, 0.4) is 0 Å². The van der Waals surface area contributed by atoms with E-state index in [1.807, 2.05) is 37.8 Å². The van der Waals surface area contributed by atoms with E-state index in [-0.39, 0.29) is 24.5 Å². The summed E-state index contributed by atoms with van der Waals surface area (Å²) >= 11 is 1.72. The lowest BCUT2D eigenvalue weighted by Gasteiger charge is -2.37. The average Bonchev–Trinajstić information content (AvgIpc) is 3.28. The highest BCUT2D eigenvalue weighted by atomic mass is 32.1. The highest BCUT2D eigenvalue weighted by Gasteiger charge is 2.34. The molecule has 0 saturated heterocycles. The van der Waals surface area contributed by atoms with Gasteiger partial charge in [0.05, 0.1) is 12.6 Å². The molecule has 3 rings (SSSR count). The fourth-order valence-electron chi connectivity index (χ4n) is 4.11. The Bertz CT molecular complexity index is 981. The molecule has 0 spiro atoms. The van der Waals surface area contributed by atoms with E-state index in [4.69, 9.17) is 9.47 Å². The van der Waals surface area contributed by atoms with Crippen molar-refractivity contribution in [3.05, 3.63) is 51.7 Å². The fraction of sp³-hybridized carbons (Fsp3) is 0.556. The summed E-state index contributed by atoms with van der Waals surface area (Å²) in [4.78, 5) is 31.1. The van der Waals surface area contributed by atoms with Gasteiger partial charge in [0, 0.05) is 30.6 Å². The van der Waals surface area contributed by atoms with Crippen molar-refractivity contribution < 1.29 is 19.1 Å². The van der Waals surface area contributed by atoms with Gasteiger partial charge in [-0.05, 0) is 67.8 Å². The van der Waals surface area contributed by atoms with Crippen molar-refractivity contribution in [2.75, 3.05) is 40.0 Å². The third kappa shape index (κ3) is 7.45. The highest BCUT2D eigenvalue weighted by molar-refractivity contribution is 7.10. The van der Waals surface area contributed by atoms with Gasteiger partial charge < -0.3 is 24.6 Å². The van der Waals surface area contributed by atoms with E-state index in [2.05, 4.69) is 42.7 Å². The molecule has 8 heteroatoms. The molecule has 0 bridgehead atoms. The summed E-state index contributed by atoms with van der Waals surface area (Å²) in [5.74, 6) is 1.15. The van der Waals surface area contributed by atoms with Crippen LogP contribution < -0.4 is 10.1 Å². The Morgan fingerprint density at radius 1 is 1.20 bits per heavy atom. The maximum atomic E-state index is 13.5. The highest BCUT2D eigenvalue weighted by Crippen LogP contribution is 2.34. The minimum absolute atomic E-state index is 0.00959. The van der Waals surface area contributed by atoms with E-state index in [9.17, 15) is 9.59 Å². The molecule has 0 aliphatic carbocycles. The Morgan fingerprint density at radius 3 is 2.54 bits per heavy atom. The van der Waals surface area contributed by atoms with E-state index in [0.717, 1.165) is 17.7 Å². The Labute approximate surface area is 213 Å². The Hall–Kier alpha value is -2.58. The van der Waals surface area contributed by atoms with Crippen LogP contribution in [-0.4, -0.2) is 67.2 Å². The molecule has 1 aromatic carbocycles. The van der Waals surface area contributed by atoms with Crippen molar-refractivity contribution >= 4 is 23.3 Å². The molecule has 0 saturated carbocycles. The smallest absolute Gasteiger partial charge is 0.318 e. The van der Waals surface area contributed by atoms with Gasteiger partial charge >= 0.3 is 6.03 Å². The largest absolute Gasteiger partial charge is 0.491 e. The monoisotopic (exact) mass is 501 g/mol. The number of nitrogens with zero attached hydrogens (tertiary/aromatic N) is 2. The molecule has 192 valence electrons. The summed E-state index contributed by atoms with van der Waals surface area (Å²) in [6.45, 7) is 11.7. The molecule has 0 radical (unpaired) electrons. The van der Waals surface area contributed by atoms with Crippen molar-refractivity contribution in [3.8, 4) is 5.75 Å². The number of carbonyl (C=O) groups is 2. The van der Waals surface area contributed by atoms with Crippen LogP contribution in [0.15, 0.2) is 35.7 Å². The minimum Gasteiger partial charge on any atom is -0.491 e. The maximum absolute atomic E-state index is 13.5. The Morgan fingerprint density at radius 2 is 1.91 bits per heavy atom. The molecule has 0 fully saturated rings. The van der Waals surface area contributed by atoms with Crippen LogP contribution in [0, 0.1) is 0 Å². The molecule has 2 aromatic rings. The minimum atomic E-state index is -0.399. The van der Waals surface area contributed by atoms with Crippen molar-refractivity contribution in [2.45, 2.75) is 58.5 Å². The zero-order chi connectivity index (χ0) is 25.6. The van der Waals surface area contributed by atoms with Gasteiger partial charge in [0.15, 0.2) is 0 Å². The normalized spacial score (nSPS) is 15.6. The molecule has 7 nitrogen and oxygen atoms in total. The lowest BCUT2D eigenvalue weighted by molar-refractivity contribution is -0.135. The first-order chi connectivity index (χ1) is 16.6. The van der Waals surface area contributed by atoms with Crippen LogP contribution in [0.25, 0.3) is 0 Å². The number of hydrogen-bond acceptors (Lipinski definition) is 5. The molecule has 1 atom stereocenters. The van der Waals surface area contributed by atoms with Gasteiger partial charge in [-0.25, -0.2) is 4.79 Å². The van der Waals surface area contributed by atoms with Gasteiger partial charge in [-0.1, -0.05) is 26.0 Å². The van der Waals surface area contributed by atoms with Crippen molar-refractivity contribution in [3.63, 3.8) is 0 Å². The summed E-state index contributed by atoms with van der Waals surface area (Å²) in [5.41, 5.74) is 2.00. The van der Waals surface area contributed by atoms with Crippen molar-refractivity contribution in [1.29, 1.82) is 0 Å². The van der Waals surface area contributed by atoms with Crippen molar-refractivity contribution in [2.24, 2.45) is 0 Å². The van der Waals surface area contributed by atoms with Gasteiger partial charge in [0.25, 0.3) is 0 Å². The molecular formula is C27H39N3O4S. The predicted octanol–water partition coefficient (Wildman–Crippen LogP) is 4.83. The molecule has 3 amide bonds. The van der Waals surface area contributed by atoms with Crippen molar-refractivity contribution in [1.82, 2.24) is 15.1 Å². The number of rotatable bonds is 9. The van der Waals surface area contributed by atoms with Crippen LogP contribution in [0.1, 0.15) is 62.6 Å². The van der Waals surface area contributed by atoms with Crippen LogP contribution >= 0.6 is 11.3 Å². The van der Waals surface area contributed by atoms with Gasteiger partial charge in [-0.2, -0.15) is 0 Å². The summed E-state index contributed by atoms with van der Waals surface area (Å²) in [7, 11) is 1.59. The van der Waals surface area contributed by atoms with Crippen LogP contribution in [0.5, 0.6) is 5.75 Å². The first-order valence-corrected chi connectivity index (χ1v) is 13.1. The fourth-order valence-corrected chi connectivity index (χ4v) is 5.03. The van der Waals surface area contributed by atoms with Gasteiger partial charge in [-0.15, -0.1) is 11.3 Å². The number of ether oxygens (including phenoxy) is 2. The first-order valence-electron chi connectivity index (χ1n) is 12.2. The third-order valence-electron chi connectivity index (χ3n) is 6.03. The molecule has 0 unspecified atom stereocenters.